The summed E-state index contributed by atoms with van der Waals surface area (Å²) in [6, 6.07) is 7.16. The van der Waals surface area contributed by atoms with Crippen molar-refractivity contribution in [3.63, 3.8) is 0 Å². The minimum absolute atomic E-state index is 0.0473. The van der Waals surface area contributed by atoms with E-state index >= 15 is 0 Å². The van der Waals surface area contributed by atoms with Gasteiger partial charge in [0.05, 0.1) is 32.7 Å². The molecule has 28 heavy (non-hydrogen) atoms. The van der Waals surface area contributed by atoms with Crippen LogP contribution in [0.5, 0.6) is 11.5 Å². The highest BCUT2D eigenvalue weighted by molar-refractivity contribution is 6.04. The minimum atomic E-state index is -0.750. The fourth-order valence-corrected chi connectivity index (χ4v) is 2.88. The second-order valence-corrected chi connectivity index (χ2v) is 6.16. The lowest BCUT2D eigenvalue weighted by atomic mass is 10.1. The number of anilines is 1. The van der Waals surface area contributed by atoms with E-state index in [2.05, 4.69) is 10.6 Å². The van der Waals surface area contributed by atoms with E-state index in [1.165, 1.54) is 20.5 Å². The maximum atomic E-state index is 12.4. The molecule has 9 nitrogen and oxygen atoms in total. The number of rotatable bonds is 8. The summed E-state index contributed by atoms with van der Waals surface area (Å²) >= 11 is 0. The highest BCUT2D eigenvalue weighted by Gasteiger charge is 2.38. The molecule has 2 aromatic rings. The summed E-state index contributed by atoms with van der Waals surface area (Å²) in [5, 5.41) is 5.33. The molecule has 0 saturated carbocycles. The van der Waals surface area contributed by atoms with Crippen molar-refractivity contribution in [2.45, 2.75) is 25.4 Å². The molecule has 0 radical (unpaired) electrons. The van der Waals surface area contributed by atoms with Crippen LogP contribution in [-0.2, 0) is 16.1 Å². The Morgan fingerprint density at radius 3 is 2.75 bits per heavy atom. The number of nitrogens with one attached hydrogen (secondary N) is 2. The summed E-state index contributed by atoms with van der Waals surface area (Å²) in [5.74, 6) is 0.880. The summed E-state index contributed by atoms with van der Waals surface area (Å²) in [5.41, 5.74) is 0.466. The Labute approximate surface area is 161 Å². The first-order valence-electron chi connectivity index (χ1n) is 8.68. The van der Waals surface area contributed by atoms with Gasteiger partial charge in [0, 0.05) is 12.5 Å². The molecule has 1 aliphatic rings. The van der Waals surface area contributed by atoms with Crippen molar-refractivity contribution in [2.24, 2.45) is 0 Å². The summed E-state index contributed by atoms with van der Waals surface area (Å²) in [6.07, 6.45) is 1.70. The molecule has 0 bridgehead atoms. The van der Waals surface area contributed by atoms with Gasteiger partial charge in [0.1, 0.15) is 23.3 Å². The molecule has 1 fully saturated rings. The molecule has 1 saturated heterocycles. The SMILES string of the molecule is COc1ccc(OC)c(NC(=O)CCC2NC(=O)N(Cc3ccco3)C2=O)c1. The quantitative estimate of drug-likeness (QED) is 0.672. The standard InChI is InChI=1S/C19H21N3O6/c1-26-12-5-7-16(27-2)15(10-12)20-17(23)8-6-14-18(24)22(19(25)21-14)11-13-4-3-9-28-13/h3-5,7,9-10,14H,6,8,11H2,1-2H3,(H,20,23)(H,21,25). The molecule has 1 aromatic carbocycles. The van der Waals surface area contributed by atoms with E-state index in [0.29, 0.717) is 22.9 Å². The van der Waals surface area contributed by atoms with Gasteiger partial charge >= 0.3 is 6.03 Å². The van der Waals surface area contributed by atoms with Gasteiger partial charge in [0.2, 0.25) is 5.91 Å². The van der Waals surface area contributed by atoms with Crippen molar-refractivity contribution >= 4 is 23.5 Å². The molecule has 1 aliphatic heterocycles. The Balaban J connectivity index is 1.56. The number of furan rings is 1. The van der Waals surface area contributed by atoms with Crippen molar-refractivity contribution in [1.29, 1.82) is 0 Å². The number of hydrogen-bond donors (Lipinski definition) is 2. The van der Waals surface area contributed by atoms with Crippen LogP contribution < -0.4 is 20.1 Å². The molecule has 0 spiro atoms. The van der Waals surface area contributed by atoms with E-state index in [9.17, 15) is 14.4 Å². The van der Waals surface area contributed by atoms with Crippen LogP contribution in [0, 0.1) is 0 Å². The second kappa shape index (κ2) is 8.47. The third-order valence-electron chi connectivity index (χ3n) is 4.34. The van der Waals surface area contributed by atoms with Gasteiger partial charge in [-0.2, -0.15) is 0 Å². The Kier molecular flexibility index (Phi) is 5.83. The molecule has 1 aromatic heterocycles. The van der Waals surface area contributed by atoms with Crippen LogP contribution in [0.1, 0.15) is 18.6 Å². The number of carbonyl (C=O) groups excluding carboxylic acids is 3. The van der Waals surface area contributed by atoms with E-state index in [1.54, 1.807) is 30.3 Å². The van der Waals surface area contributed by atoms with E-state index in [1.807, 2.05) is 0 Å². The van der Waals surface area contributed by atoms with Crippen molar-refractivity contribution in [2.75, 3.05) is 19.5 Å². The molecule has 2 heterocycles. The van der Waals surface area contributed by atoms with Crippen molar-refractivity contribution in [1.82, 2.24) is 10.2 Å². The van der Waals surface area contributed by atoms with Crippen LogP contribution in [0.3, 0.4) is 0 Å². The number of carbonyl (C=O) groups is 3. The number of hydrogen-bond acceptors (Lipinski definition) is 6. The molecule has 2 N–H and O–H groups in total. The second-order valence-electron chi connectivity index (χ2n) is 6.16. The Hall–Kier alpha value is -3.49. The Morgan fingerprint density at radius 2 is 2.07 bits per heavy atom. The maximum Gasteiger partial charge on any atom is 0.325 e. The number of benzene rings is 1. The van der Waals surface area contributed by atoms with E-state index in [0.717, 1.165) is 4.90 Å². The highest BCUT2D eigenvalue weighted by atomic mass is 16.5. The minimum Gasteiger partial charge on any atom is -0.497 e. The first-order valence-corrected chi connectivity index (χ1v) is 8.68. The number of nitrogens with zero attached hydrogens (tertiary/aromatic N) is 1. The molecule has 1 atom stereocenters. The zero-order valence-corrected chi connectivity index (χ0v) is 15.6. The largest absolute Gasteiger partial charge is 0.497 e. The van der Waals surface area contributed by atoms with E-state index < -0.39 is 12.1 Å². The van der Waals surface area contributed by atoms with Crippen LogP contribution in [-0.4, -0.2) is 43.0 Å². The molecule has 4 amide bonds. The fraction of sp³-hybridized carbons (Fsp3) is 0.316. The topological polar surface area (TPSA) is 110 Å². The predicted molar refractivity (Wildman–Crippen MR) is 99.0 cm³/mol. The summed E-state index contributed by atoms with van der Waals surface area (Å²) in [7, 11) is 3.02. The molecule has 1 unspecified atom stereocenters. The molecular weight excluding hydrogens is 366 g/mol. The first kappa shape index (κ1) is 19.3. The van der Waals surface area contributed by atoms with Gasteiger partial charge in [-0.15, -0.1) is 0 Å². The van der Waals surface area contributed by atoms with Crippen molar-refractivity contribution < 1.29 is 28.3 Å². The van der Waals surface area contributed by atoms with Crippen LogP contribution in [0.4, 0.5) is 10.5 Å². The van der Waals surface area contributed by atoms with Gasteiger partial charge in [0.15, 0.2) is 0 Å². The van der Waals surface area contributed by atoms with Gasteiger partial charge in [-0.3, -0.25) is 14.5 Å². The predicted octanol–water partition coefficient (Wildman–Crippen LogP) is 2.14. The third-order valence-corrected chi connectivity index (χ3v) is 4.34. The third kappa shape index (κ3) is 4.25. The first-order chi connectivity index (χ1) is 13.5. The number of ether oxygens (including phenoxy) is 2. The maximum absolute atomic E-state index is 12.4. The number of imide groups is 1. The number of urea groups is 1. The smallest absolute Gasteiger partial charge is 0.325 e. The van der Waals surface area contributed by atoms with Crippen molar-refractivity contribution in [3.8, 4) is 11.5 Å². The summed E-state index contributed by atoms with van der Waals surface area (Å²) in [4.78, 5) is 37.8. The summed E-state index contributed by atoms with van der Waals surface area (Å²) < 4.78 is 15.5. The Morgan fingerprint density at radius 1 is 1.25 bits per heavy atom. The number of methoxy groups -OCH3 is 2. The van der Waals surface area contributed by atoms with Gasteiger partial charge in [-0.25, -0.2) is 4.79 Å². The lowest BCUT2D eigenvalue weighted by Crippen LogP contribution is -2.31. The zero-order chi connectivity index (χ0) is 20.1. The average Bonchev–Trinajstić information content (AvgIpc) is 3.30. The van der Waals surface area contributed by atoms with E-state index in [4.69, 9.17) is 13.9 Å². The fourth-order valence-electron chi connectivity index (χ4n) is 2.88. The highest BCUT2D eigenvalue weighted by Crippen LogP contribution is 2.29. The molecule has 148 valence electrons. The lowest BCUT2D eigenvalue weighted by Gasteiger charge is -2.13. The molecular formula is C19H21N3O6. The van der Waals surface area contributed by atoms with Gasteiger partial charge in [-0.1, -0.05) is 0 Å². The van der Waals surface area contributed by atoms with Crippen LogP contribution in [0.25, 0.3) is 0 Å². The molecule has 0 aliphatic carbocycles. The van der Waals surface area contributed by atoms with Crippen LogP contribution in [0.2, 0.25) is 0 Å². The number of amides is 4. The Bertz CT molecular complexity index is 865. The lowest BCUT2D eigenvalue weighted by molar-refractivity contribution is -0.128. The van der Waals surface area contributed by atoms with Gasteiger partial charge < -0.3 is 24.5 Å². The van der Waals surface area contributed by atoms with Gasteiger partial charge in [0.25, 0.3) is 5.91 Å². The average molecular weight is 387 g/mol. The zero-order valence-electron chi connectivity index (χ0n) is 15.6. The normalized spacial score (nSPS) is 16.1. The molecule has 9 heteroatoms. The summed E-state index contributed by atoms with van der Waals surface area (Å²) in [6.45, 7) is 0.0569. The molecule has 3 rings (SSSR count). The van der Waals surface area contributed by atoms with E-state index in [-0.39, 0.29) is 31.2 Å². The monoisotopic (exact) mass is 387 g/mol. The van der Waals surface area contributed by atoms with Crippen LogP contribution in [0.15, 0.2) is 41.0 Å². The van der Waals surface area contributed by atoms with Gasteiger partial charge in [-0.05, 0) is 30.7 Å². The van der Waals surface area contributed by atoms with Crippen LogP contribution >= 0.6 is 0 Å². The van der Waals surface area contributed by atoms with Crippen molar-refractivity contribution in [3.05, 3.63) is 42.4 Å².